The summed E-state index contributed by atoms with van der Waals surface area (Å²) in [4.78, 5) is 51.0. The maximum Gasteiger partial charge on any atom is 0.410 e. The van der Waals surface area contributed by atoms with E-state index in [-0.39, 0.29) is 24.2 Å². The number of nitrogens with one attached hydrogen (secondary N) is 1. The molecule has 11 nitrogen and oxygen atoms in total. The number of amides is 3. The molecule has 180 valence electrons. The van der Waals surface area contributed by atoms with Gasteiger partial charge in [-0.05, 0) is 57.7 Å². The van der Waals surface area contributed by atoms with Gasteiger partial charge in [-0.15, -0.1) is 0 Å². The van der Waals surface area contributed by atoms with Crippen molar-refractivity contribution in [3.05, 3.63) is 39.9 Å². The van der Waals surface area contributed by atoms with Crippen LogP contribution in [0.25, 0.3) is 0 Å². The van der Waals surface area contributed by atoms with Crippen LogP contribution in [0.4, 0.5) is 15.3 Å². The third-order valence-corrected chi connectivity index (χ3v) is 5.50. The zero-order valence-electron chi connectivity index (χ0n) is 19.1. The first-order valence-electron chi connectivity index (χ1n) is 11.0. The molecule has 33 heavy (non-hydrogen) atoms. The van der Waals surface area contributed by atoms with Crippen molar-refractivity contribution >= 4 is 23.8 Å². The molecule has 1 aromatic rings. The Hall–Kier alpha value is -3.37. The Morgan fingerprint density at radius 1 is 1.15 bits per heavy atom. The van der Waals surface area contributed by atoms with Crippen LogP contribution in [0.15, 0.2) is 24.3 Å². The number of likely N-dealkylation sites (tertiary alicyclic amines) is 2. The van der Waals surface area contributed by atoms with Gasteiger partial charge in [-0.2, -0.15) is 0 Å². The molecule has 11 heteroatoms. The summed E-state index contributed by atoms with van der Waals surface area (Å²) in [6, 6.07) is 4.95. The molecular formula is C22H30N4O7. The first kappa shape index (κ1) is 24.3. The Morgan fingerprint density at radius 2 is 1.85 bits per heavy atom. The summed E-state index contributed by atoms with van der Waals surface area (Å²) in [5, 5.41) is 13.4. The highest BCUT2D eigenvalue weighted by atomic mass is 16.6. The van der Waals surface area contributed by atoms with E-state index in [0.29, 0.717) is 38.0 Å². The predicted molar refractivity (Wildman–Crippen MR) is 117 cm³/mol. The monoisotopic (exact) mass is 462 g/mol. The molecular weight excluding hydrogens is 432 g/mol. The van der Waals surface area contributed by atoms with Gasteiger partial charge < -0.3 is 19.7 Å². The number of carbonyl (C=O) groups is 3. The van der Waals surface area contributed by atoms with Crippen molar-refractivity contribution < 1.29 is 28.8 Å². The molecule has 2 atom stereocenters. The topological polar surface area (TPSA) is 131 Å². The summed E-state index contributed by atoms with van der Waals surface area (Å²) in [5.74, 6) is -0.137. The van der Waals surface area contributed by atoms with Crippen LogP contribution in [-0.2, 0) is 20.9 Å². The first-order valence-corrected chi connectivity index (χ1v) is 11.0. The molecule has 0 bridgehead atoms. The second-order valence-electron chi connectivity index (χ2n) is 9.25. The van der Waals surface area contributed by atoms with E-state index in [1.54, 1.807) is 25.7 Å². The number of rotatable bonds is 5. The van der Waals surface area contributed by atoms with Gasteiger partial charge in [0, 0.05) is 31.8 Å². The van der Waals surface area contributed by atoms with E-state index in [0.717, 1.165) is 6.42 Å². The van der Waals surface area contributed by atoms with Gasteiger partial charge in [0.15, 0.2) is 0 Å². The maximum absolute atomic E-state index is 13.0. The zero-order valence-corrected chi connectivity index (χ0v) is 19.1. The summed E-state index contributed by atoms with van der Waals surface area (Å²) in [6.45, 7) is 6.64. The summed E-state index contributed by atoms with van der Waals surface area (Å²) < 4.78 is 10.6. The average Bonchev–Trinajstić information content (AvgIpc) is 3.40. The number of carbonyl (C=O) groups excluding carboxylic acids is 3. The number of ether oxygens (including phenoxy) is 2. The number of nitrogens with zero attached hydrogens (tertiary/aromatic N) is 3. The maximum atomic E-state index is 13.0. The average molecular weight is 463 g/mol. The van der Waals surface area contributed by atoms with E-state index < -0.39 is 28.8 Å². The van der Waals surface area contributed by atoms with Crippen molar-refractivity contribution in [3.8, 4) is 0 Å². The Bertz CT molecular complexity index is 897. The molecule has 2 aliphatic rings. The van der Waals surface area contributed by atoms with Crippen LogP contribution in [0.1, 0.15) is 45.6 Å². The molecule has 3 rings (SSSR count). The standard InChI is InChI=1S/C22H30N4O7/c1-22(2,3)33-21(29)25-11-4-5-18(25)19(27)24-12-10-16(13-24)23-20(28)32-14-15-6-8-17(9-7-15)26(30)31/h6-9,16,18H,4-5,10-14H2,1-3H3,(H,23,28)/t16-,18?/m0/s1. The third-order valence-electron chi connectivity index (χ3n) is 5.50. The van der Waals surface area contributed by atoms with Gasteiger partial charge in [0.2, 0.25) is 5.91 Å². The van der Waals surface area contributed by atoms with E-state index >= 15 is 0 Å². The summed E-state index contributed by atoms with van der Waals surface area (Å²) >= 11 is 0. The smallest absolute Gasteiger partial charge is 0.410 e. The fourth-order valence-corrected chi connectivity index (χ4v) is 3.92. The summed E-state index contributed by atoms with van der Waals surface area (Å²) in [5.41, 5.74) is -0.0426. The highest BCUT2D eigenvalue weighted by molar-refractivity contribution is 5.86. The van der Waals surface area contributed by atoms with Gasteiger partial charge in [-0.3, -0.25) is 19.8 Å². The lowest BCUT2D eigenvalue weighted by Crippen LogP contribution is -2.49. The number of hydrogen-bond donors (Lipinski definition) is 1. The minimum absolute atomic E-state index is 0.0217. The van der Waals surface area contributed by atoms with Crippen molar-refractivity contribution in [2.45, 2.75) is 64.3 Å². The van der Waals surface area contributed by atoms with Crippen LogP contribution in [0.2, 0.25) is 0 Å². The van der Waals surface area contributed by atoms with Crippen LogP contribution in [0.5, 0.6) is 0 Å². The number of nitro benzene ring substituents is 1. The number of benzene rings is 1. The lowest BCUT2D eigenvalue weighted by atomic mass is 10.2. The van der Waals surface area contributed by atoms with Crippen LogP contribution < -0.4 is 5.32 Å². The quantitative estimate of drug-likeness (QED) is 0.526. The van der Waals surface area contributed by atoms with Gasteiger partial charge in [0.25, 0.3) is 5.69 Å². The molecule has 0 aromatic heterocycles. The Morgan fingerprint density at radius 3 is 2.48 bits per heavy atom. The highest BCUT2D eigenvalue weighted by Gasteiger charge is 2.40. The summed E-state index contributed by atoms with van der Waals surface area (Å²) in [7, 11) is 0. The number of hydrogen-bond acceptors (Lipinski definition) is 7. The normalized spacial score (nSPS) is 20.5. The van der Waals surface area contributed by atoms with Crippen molar-refractivity contribution in [3.63, 3.8) is 0 Å². The molecule has 0 aliphatic carbocycles. The predicted octanol–water partition coefficient (Wildman–Crippen LogP) is 2.82. The van der Waals surface area contributed by atoms with E-state index in [2.05, 4.69) is 5.32 Å². The van der Waals surface area contributed by atoms with Crippen molar-refractivity contribution in [1.29, 1.82) is 0 Å². The van der Waals surface area contributed by atoms with Crippen LogP contribution in [0, 0.1) is 10.1 Å². The molecule has 0 spiro atoms. The zero-order chi connectivity index (χ0) is 24.2. The minimum atomic E-state index is -0.634. The SMILES string of the molecule is CC(C)(C)OC(=O)N1CCCC1C(=O)N1CC[C@H](NC(=O)OCc2ccc([N+](=O)[O-])cc2)C1. The fraction of sp³-hybridized carbons (Fsp3) is 0.591. The lowest BCUT2D eigenvalue weighted by Gasteiger charge is -2.30. The molecule has 0 saturated carbocycles. The third kappa shape index (κ3) is 6.56. The number of alkyl carbamates (subject to hydrolysis) is 1. The van der Waals surface area contributed by atoms with Crippen molar-refractivity contribution in [2.75, 3.05) is 19.6 Å². The van der Waals surface area contributed by atoms with Gasteiger partial charge in [0.1, 0.15) is 18.2 Å². The molecule has 1 aromatic carbocycles. The second-order valence-corrected chi connectivity index (χ2v) is 9.25. The number of nitro groups is 1. The fourth-order valence-electron chi connectivity index (χ4n) is 3.92. The Labute approximate surface area is 192 Å². The molecule has 1 unspecified atom stereocenters. The van der Waals surface area contributed by atoms with Gasteiger partial charge in [-0.1, -0.05) is 0 Å². The van der Waals surface area contributed by atoms with E-state index in [1.165, 1.54) is 29.2 Å². The molecule has 0 radical (unpaired) electrons. The van der Waals surface area contributed by atoms with Gasteiger partial charge >= 0.3 is 12.2 Å². The van der Waals surface area contributed by atoms with E-state index in [9.17, 15) is 24.5 Å². The molecule has 2 heterocycles. The largest absolute Gasteiger partial charge is 0.445 e. The lowest BCUT2D eigenvalue weighted by molar-refractivity contribution is -0.384. The Kier molecular flexibility index (Phi) is 7.39. The molecule has 2 aliphatic heterocycles. The van der Waals surface area contributed by atoms with Crippen molar-refractivity contribution in [1.82, 2.24) is 15.1 Å². The second kappa shape index (κ2) is 10.1. The first-order chi connectivity index (χ1) is 15.5. The minimum Gasteiger partial charge on any atom is -0.445 e. The van der Waals surface area contributed by atoms with E-state index in [1.807, 2.05) is 0 Å². The van der Waals surface area contributed by atoms with Crippen molar-refractivity contribution in [2.24, 2.45) is 0 Å². The van der Waals surface area contributed by atoms with E-state index in [4.69, 9.17) is 9.47 Å². The molecule has 3 amide bonds. The molecule has 2 fully saturated rings. The van der Waals surface area contributed by atoms with Gasteiger partial charge in [0.05, 0.1) is 11.0 Å². The van der Waals surface area contributed by atoms with Crippen LogP contribution in [0.3, 0.4) is 0 Å². The van der Waals surface area contributed by atoms with Crippen LogP contribution in [-0.4, -0.2) is 70.1 Å². The Balaban J connectivity index is 1.46. The molecule has 2 saturated heterocycles. The van der Waals surface area contributed by atoms with Crippen LogP contribution >= 0.6 is 0 Å². The molecule has 1 N–H and O–H groups in total. The summed E-state index contributed by atoms with van der Waals surface area (Å²) in [6.07, 6.45) is 0.799. The number of non-ortho nitro benzene ring substituents is 1. The van der Waals surface area contributed by atoms with Gasteiger partial charge in [-0.25, -0.2) is 9.59 Å². The highest BCUT2D eigenvalue weighted by Crippen LogP contribution is 2.24.